The minimum absolute atomic E-state index is 0.229. The second-order valence-corrected chi connectivity index (χ2v) is 6.95. The van der Waals surface area contributed by atoms with E-state index in [0.717, 1.165) is 10.7 Å². The zero-order chi connectivity index (χ0) is 15.3. The zero-order valence-corrected chi connectivity index (χ0v) is 13.4. The van der Waals surface area contributed by atoms with Crippen molar-refractivity contribution in [3.8, 4) is 0 Å². The van der Waals surface area contributed by atoms with E-state index in [4.69, 9.17) is 4.74 Å². The summed E-state index contributed by atoms with van der Waals surface area (Å²) in [6.07, 6.45) is 0.619. The quantitative estimate of drug-likeness (QED) is 0.820. The van der Waals surface area contributed by atoms with Crippen LogP contribution >= 0.6 is 23.1 Å². The van der Waals surface area contributed by atoms with Crippen molar-refractivity contribution in [3.05, 3.63) is 16.1 Å². The number of nitrogens with one attached hydrogen (secondary N) is 1. The summed E-state index contributed by atoms with van der Waals surface area (Å²) in [5.41, 5.74) is -0.220. The van der Waals surface area contributed by atoms with Gasteiger partial charge in [0.1, 0.15) is 5.54 Å². The number of carbonyl (C=O) groups excluding carboxylic acids is 1. The average Bonchev–Trinajstić information content (AvgIpc) is 2.85. The Morgan fingerprint density at radius 3 is 2.81 bits per heavy atom. The number of rotatable bonds is 6. The number of hydrogen-bond acceptors (Lipinski definition) is 6. The molecule has 2 heterocycles. The van der Waals surface area contributed by atoms with Gasteiger partial charge in [-0.1, -0.05) is 0 Å². The monoisotopic (exact) mass is 330 g/mol. The fourth-order valence-corrected chi connectivity index (χ4v) is 3.57. The maximum absolute atomic E-state index is 12.0. The van der Waals surface area contributed by atoms with Gasteiger partial charge in [-0.2, -0.15) is 0 Å². The summed E-state index contributed by atoms with van der Waals surface area (Å²) in [4.78, 5) is 27.7. The molecule has 6 nitrogen and oxygen atoms in total. The van der Waals surface area contributed by atoms with Gasteiger partial charge in [-0.3, -0.25) is 4.79 Å². The molecular weight excluding hydrogens is 312 g/mol. The number of thiazole rings is 1. The van der Waals surface area contributed by atoms with Crippen LogP contribution in [0.15, 0.2) is 5.38 Å². The van der Waals surface area contributed by atoms with Crippen LogP contribution in [0.4, 0.5) is 0 Å². The first kappa shape index (κ1) is 16.3. The predicted octanol–water partition coefficient (Wildman–Crippen LogP) is 1.43. The zero-order valence-electron chi connectivity index (χ0n) is 11.8. The molecule has 0 aliphatic carbocycles. The number of aryl methyl sites for hydroxylation is 1. The molecule has 1 aliphatic heterocycles. The predicted molar refractivity (Wildman–Crippen MR) is 81.6 cm³/mol. The third-order valence-electron chi connectivity index (χ3n) is 3.28. The van der Waals surface area contributed by atoms with Gasteiger partial charge in [0.05, 0.1) is 16.5 Å². The van der Waals surface area contributed by atoms with Gasteiger partial charge in [0, 0.05) is 37.2 Å². The summed E-state index contributed by atoms with van der Waals surface area (Å²) in [6, 6.07) is 0. The summed E-state index contributed by atoms with van der Waals surface area (Å²) in [6.45, 7) is 2.66. The Bertz CT molecular complexity index is 512. The molecule has 1 saturated heterocycles. The van der Waals surface area contributed by atoms with Crippen LogP contribution in [0, 0.1) is 6.92 Å². The minimum atomic E-state index is -1.17. The molecule has 2 N–H and O–H groups in total. The topological polar surface area (TPSA) is 88.5 Å². The number of carboxylic acids is 1. The first-order chi connectivity index (χ1) is 10.0. The maximum atomic E-state index is 12.0. The first-order valence-electron chi connectivity index (χ1n) is 6.63. The number of ether oxygens (including phenoxy) is 1. The molecule has 1 aromatic rings. The Labute approximate surface area is 131 Å². The SMILES string of the molecule is Cc1nc(CSCC(=O)NC2(C(=O)O)CCOCC2)cs1. The molecule has 0 saturated carbocycles. The largest absolute Gasteiger partial charge is 0.480 e. The number of nitrogens with zero attached hydrogens (tertiary/aromatic N) is 1. The van der Waals surface area contributed by atoms with Crippen molar-refractivity contribution in [1.29, 1.82) is 0 Å². The van der Waals surface area contributed by atoms with Crippen molar-refractivity contribution >= 4 is 35.0 Å². The van der Waals surface area contributed by atoms with E-state index >= 15 is 0 Å². The van der Waals surface area contributed by atoms with Crippen LogP contribution < -0.4 is 5.32 Å². The van der Waals surface area contributed by atoms with Crippen molar-refractivity contribution in [3.63, 3.8) is 0 Å². The molecule has 0 atom stereocenters. The van der Waals surface area contributed by atoms with Gasteiger partial charge < -0.3 is 15.2 Å². The highest BCUT2D eigenvalue weighted by Crippen LogP contribution is 2.22. The molecule has 0 bridgehead atoms. The van der Waals surface area contributed by atoms with Crippen molar-refractivity contribution < 1.29 is 19.4 Å². The summed E-state index contributed by atoms with van der Waals surface area (Å²) in [5.74, 6) is -0.358. The van der Waals surface area contributed by atoms with Crippen LogP contribution in [0.3, 0.4) is 0 Å². The van der Waals surface area contributed by atoms with Crippen molar-refractivity contribution in [2.45, 2.75) is 31.1 Å². The van der Waals surface area contributed by atoms with E-state index in [1.807, 2.05) is 12.3 Å². The Balaban J connectivity index is 1.81. The van der Waals surface area contributed by atoms with E-state index in [-0.39, 0.29) is 11.7 Å². The molecule has 1 aliphatic rings. The van der Waals surface area contributed by atoms with Gasteiger partial charge in [0.15, 0.2) is 0 Å². The summed E-state index contributed by atoms with van der Waals surface area (Å²) in [5, 5.41) is 15.0. The van der Waals surface area contributed by atoms with Crippen LogP contribution in [0.25, 0.3) is 0 Å². The first-order valence-corrected chi connectivity index (χ1v) is 8.66. The fraction of sp³-hybridized carbons (Fsp3) is 0.615. The number of aromatic nitrogens is 1. The third kappa shape index (κ3) is 4.42. The van der Waals surface area contributed by atoms with Gasteiger partial charge >= 0.3 is 5.97 Å². The number of hydrogen-bond donors (Lipinski definition) is 2. The van der Waals surface area contributed by atoms with Crippen LogP contribution in [0.5, 0.6) is 0 Å². The average molecular weight is 330 g/mol. The van der Waals surface area contributed by atoms with E-state index in [9.17, 15) is 14.7 Å². The Morgan fingerprint density at radius 1 is 1.52 bits per heavy atom. The van der Waals surface area contributed by atoms with Crippen molar-refractivity contribution in [1.82, 2.24) is 10.3 Å². The van der Waals surface area contributed by atoms with E-state index < -0.39 is 11.5 Å². The lowest BCUT2D eigenvalue weighted by Crippen LogP contribution is -2.57. The lowest BCUT2D eigenvalue weighted by Gasteiger charge is -2.33. The lowest BCUT2D eigenvalue weighted by atomic mass is 9.90. The molecule has 1 fully saturated rings. The van der Waals surface area contributed by atoms with E-state index in [1.54, 1.807) is 11.3 Å². The lowest BCUT2D eigenvalue weighted by molar-refractivity contribution is -0.151. The van der Waals surface area contributed by atoms with Gasteiger partial charge in [-0.05, 0) is 6.92 Å². The molecule has 0 spiro atoms. The smallest absolute Gasteiger partial charge is 0.329 e. The molecular formula is C13H18N2O4S2. The maximum Gasteiger partial charge on any atom is 0.329 e. The Kier molecular flexibility index (Phi) is 5.60. The second-order valence-electron chi connectivity index (χ2n) is 4.90. The number of aliphatic carboxylic acids is 1. The van der Waals surface area contributed by atoms with E-state index in [1.165, 1.54) is 11.8 Å². The molecule has 21 heavy (non-hydrogen) atoms. The molecule has 8 heteroatoms. The fourth-order valence-electron chi connectivity index (χ4n) is 2.14. The highest BCUT2D eigenvalue weighted by Gasteiger charge is 2.41. The molecule has 2 rings (SSSR count). The van der Waals surface area contributed by atoms with Gasteiger partial charge in [-0.25, -0.2) is 9.78 Å². The van der Waals surface area contributed by atoms with Crippen molar-refractivity contribution in [2.75, 3.05) is 19.0 Å². The highest BCUT2D eigenvalue weighted by atomic mass is 32.2. The van der Waals surface area contributed by atoms with E-state index in [0.29, 0.717) is 31.8 Å². The van der Waals surface area contributed by atoms with E-state index in [2.05, 4.69) is 10.3 Å². The molecule has 116 valence electrons. The number of carbonyl (C=O) groups is 2. The number of thioether (sulfide) groups is 1. The second kappa shape index (κ2) is 7.24. The summed E-state index contributed by atoms with van der Waals surface area (Å²) >= 11 is 3.01. The third-order valence-corrected chi connectivity index (χ3v) is 5.07. The molecule has 1 amide bonds. The Hall–Kier alpha value is -1.12. The molecule has 0 unspecified atom stereocenters. The summed E-state index contributed by atoms with van der Waals surface area (Å²) < 4.78 is 5.17. The van der Waals surface area contributed by atoms with Gasteiger partial charge in [0.25, 0.3) is 0 Å². The van der Waals surface area contributed by atoms with Crippen LogP contribution in [-0.4, -0.2) is 46.5 Å². The van der Waals surface area contributed by atoms with Crippen LogP contribution in [-0.2, 0) is 20.1 Å². The standard InChI is InChI=1S/C13H18N2O4S2/c1-9-14-10(7-21-9)6-20-8-11(16)15-13(12(17)18)2-4-19-5-3-13/h7H,2-6,8H2,1H3,(H,15,16)(H,17,18). The minimum Gasteiger partial charge on any atom is -0.480 e. The normalized spacial score (nSPS) is 17.4. The molecule has 1 aromatic heterocycles. The summed E-state index contributed by atoms with van der Waals surface area (Å²) in [7, 11) is 0. The van der Waals surface area contributed by atoms with Gasteiger partial charge in [0.2, 0.25) is 5.91 Å². The van der Waals surface area contributed by atoms with Crippen molar-refractivity contribution in [2.24, 2.45) is 0 Å². The molecule has 0 radical (unpaired) electrons. The Morgan fingerprint density at radius 2 is 2.24 bits per heavy atom. The van der Waals surface area contributed by atoms with Gasteiger partial charge in [-0.15, -0.1) is 23.1 Å². The number of carboxylic acid groups (broad SMARTS) is 1. The highest BCUT2D eigenvalue weighted by molar-refractivity contribution is 7.99. The number of amides is 1. The molecule has 0 aromatic carbocycles. The van der Waals surface area contributed by atoms with Crippen LogP contribution in [0.2, 0.25) is 0 Å². The van der Waals surface area contributed by atoms with Crippen LogP contribution in [0.1, 0.15) is 23.5 Å².